The summed E-state index contributed by atoms with van der Waals surface area (Å²) in [5.74, 6) is 0. The van der Waals surface area contributed by atoms with E-state index in [1.807, 2.05) is 6.07 Å². The van der Waals surface area contributed by atoms with E-state index in [-0.39, 0.29) is 12.1 Å². The highest BCUT2D eigenvalue weighted by molar-refractivity contribution is 6.86. The molecule has 4 heteroatoms. The lowest BCUT2D eigenvalue weighted by atomic mass is 9.90. The summed E-state index contributed by atoms with van der Waals surface area (Å²) in [6.45, 7) is 0. The summed E-state index contributed by atoms with van der Waals surface area (Å²) in [4.78, 5) is 8.58. The van der Waals surface area contributed by atoms with Crippen LogP contribution in [0.25, 0.3) is 0 Å². The molecule has 2 rings (SSSR count). The molecule has 1 saturated carbocycles. The molecule has 3 nitrogen and oxygen atoms in total. The molecule has 2 aliphatic rings. The van der Waals surface area contributed by atoms with Gasteiger partial charge in [0.2, 0.25) is 0 Å². The molecule has 0 aromatic heterocycles. The fourth-order valence-electron chi connectivity index (χ4n) is 1.89. The van der Waals surface area contributed by atoms with E-state index >= 15 is 0 Å². The van der Waals surface area contributed by atoms with Crippen molar-refractivity contribution >= 4 is 22.5 Å². The maximum absolute atomic E-state index is 8.71. The summed E-state index contributed by atoms with van der Waals surface area (Å²) < 4.78 is 0. The Hall–Kier alpha value is -0.880. The molecule has 68 valence electrons. The Morgan fingerprint density at radius 3 is 2.46 bits per heavy atom. The third kappa shape index (κ3) is 1.59. The van der Waals surface area contributed by atoms with E-state index in [0.717, 1.165) is 12.8 Å². The van der Waals surface area contributed by atoms with Gasteiger partial charge in [-0.2, -0.15) is 5.26 Å². The molecule has 0 aromatic carbocycles. The van der Waals surface area contributed by atoms with Crippen molar-refractivity contribution in [3.05, 3.63) is 0 Å². The molecule has 2 atom stereocenters. The molecule has 1 aliphatic heterocycles. The van der Waals surface area contributed by atoms with Gasteiger partial charge in [0.1, 0.15) is 6.07 Å². The molecular weight excluding hydrogens is 186 g/mol. The molecule has 1 fully saturated rings. The average molecular weight is 196 g/mol. The second-order valence-electron chi connectivity index (χ2n) is 3.43. The monoisotopic (exact) mass is 195 g/mol. The molecule has 0 radical (unpaired) electrons. The summed E-state index contributed by atoms with van der Waals surface area (Å²) in [6, 6.07) is 2.42. The molecule has 0 aromatic rings. The number of nitriles is 1. The van der Waals surface area contributed by atoms with E-state index in [1.165, 1.54) is 12.8 Å². The summed E-state index contributed by atoms with van der Waals surface area (Å²) in [5.41, 5.74) is 0.310. The normalized spacial score (nSPS) is 32.6. The number of fused-ring (bicyclic) bond motifs is 1. The first-order valence-corrected chi connectivity index (χ1v) is 4.90. The van der Waals surface area contributed by atoms with Gasteiger partial charge in [-0.3, -0.25) is 9.98 Å². The van der Waals surface area contributed by atoms with Crippen LogP contribution in [0.1, 0.15) is 25.7 Å². The molecular formula is C9H10ClN3. The largest absolute Gasteiger partial charge is 0.266 e. The zero-order valence-corrected chi connectivity index (χ0v) is 7.96. The van der Waals surface area contributed by atoms with Crippen LogP contribution in [-0.2, 0) is 0 Å². The Labute approximate surface area is 82.1 Å². The molecule has 13 heavy (non-hydrogen) atoms. The fourth-order valence-corrected chi connectivity index (χ4v) is 2.11. The van der Waals surface area contributed by atoms with Crippen molar-refractivity contribution in [2.45, 2.75) is 37.8 Å². The van der Waals surface area contributed by atoms with Crippen LogP contribution in [0, 0.1) is 11.3 Å². The lowest BCUT2D eigenvalue weighted by molar-refractivity contribution is 0.387. The van der Waals surface area contributed by atoms with Crippen LogP contribution in [0.2, 0.25) is 0 Å². The second kappa shape index (κ2) is 3.47. The molecule has 0 N–H and O–H groups in total. The van der Waals surface area contributed by atoms with Crippen LogP contribution < -0.4 is 0 Å². The number of nitrogens with zero attached hydrogens (tertiary/aromatic N) is 3. The third-order valence-corrected chi connectivity index (χ3v) is 2.85. The van der Waals surface area contributed by atoms with Crippen molar-refractivity contribution in [2.24, 2.45) is 9.98 Å². The molecule has 0 amide bonds. The van der Waals surface area contributed by atoms with Crippen LogP contribution in [0.4, 0.5) is 0 Å². The number of hydrogen-bond acceptors (Lipinski definition) is 3. The molecule has 0 saturated heterocycles. The quantitative estimate of drug-likeness (QED) is 0.583. The maximum Gasteiger partial charge on any atom is 0.172 e. The Bertz CT molecular complexity index is 313. The lowest BCUT2D eigenvalue weighted by Crippen LogP contribution is -2.33. The highest BCUT2D eigenvalue weighted by atomic mass is 35.5. The van der Waals surface area contributed by atoms with Gasteiger partial charge < -0.3 is 0 Å². The zero-order valence-electron chi connectivity index (χ0n) is 7.20. The van der Waals surface area contributed by atoms with Crippen LogP contribution in [0.5, 0.6) is 0 Å². The van der Waals surface area contributed by atoms with Crippen LogP contribution in [0.3, 0.4) is 0 Å². The van der Waals surface area contributed by atoms with Crippen LogP contribution >= 0.6 is 11.6 Å². The van der Waals surface area contributed by atoms with E-state index in [9.17, 15) is 0 Å². The summed E-state index contributed by atoms with van der Waals surface area (Å²) in [6.07, 6.45) is 4.50. The molecule has 2 unspecified atom stereocenters. The minimum Gasteiger partial charge on any atom is -0.266 e. The van der Waals surface area contributed by atoms with Gasteiger partial charge in [-0.15, -0.1) is 0 Å². The van der Waals surface area contributed by atoms with Crippen molar-refractivity contribution in [2.75, 3.05) is 0 Å². The van der Waals surface area contributed by atoms with Crippen molar-refractivity contribution in [1.82, 2.24) is 0 Å². The first kappa shape index (κ1) is 8.71. The van der Waals surface area contributed by atoms with E-state index in [2.05, 4.69) is 9.98 Å². The smallest absolute Gasteiger partial charge is 0.172 e. The Morgan fingerprint density at radius 2 is 1.85 bits per heavy atom. The van der Waals surface area contributed by atoms with E-state index < -0.39 is 0 Å². The minimum absolute atomic E-state index is 0.214. The SMILES string of the molecule is N#CC1=NC2CCCCC2N=C1Cl. The van der Waals surface area contributed by atoms with Gasteiger partial charge in [-0.05, 0) is 12.8 Å². The van der Waals surface area contributed by atoms with E-state index in [1.54, 1.807) is 0 Å². The van der Waals surface area contributed by atoms with Gasteiger partial charge in [-0.25, -0.2) is 0 Å². The number of halogens is 1. The predicted molar refractivity (Wildman–Crippen MR) is 52.4 cm³/mol. The third-order valence-electron chi connectivity index (χ3n) is 2.57. The van der Waals surface area contributed by atoms with Gasteiger partial charge in [0.15, 0.2) is 10.9 Å². The molecule has 1 aliphatic carbocycles. The molecule has 1 heterocycles. The number of hydrogen-bond donors (Lipinski definition) is 0. The van der Waals surface area contributed by atoms with Gasteiger partial charge in [0.05, 0.1) is 12.1 Å². The van der Waals surface area contributed by atoms with Crippen LogP contribution in [0.15, 0.2) is 9.98 Å². The fraction of sp³-hybridized carbons (Fsp3) is 0.667. The lowest BCUT2D eigenvalue weighted by Gasteiger charge is -2.28. The topological polar surface area (TPSA) is 48.5 Å². The number of rotatable bonds is 0. The highest BCUT2D eigenvalue weighted by Crippen LogP contribution is 2.27. The van der Waals surface area contributed by atoms with Gasteiger partial charge in [0.25, 0.3) is 0 Å². The Kier molecular flexibility index (Phi) is 2.32. The Morgan fingerprint density at radius 1 is 1.23 bits per heavy atom. The maximum atomic E-state index is 8.71. The second-order valence-corrected chi connectivity index (χ2v) is 3.79. The van der Waals surface area contributed by atoms with Crippen molar-refractivity contribution in [3.63, 3.8) is 0 Å². The zero-order chi connectivity index (χ0) is 9.26. The van der Waals surface area contributed by atoms with Gasteiger partial charge in [-0.1, -0.05) is 24.4 Å². The van der Waals surface area contributed by atoms with Crippen molar-refractivity contribution < 1.29 is 0 Å². The van der Waals surface area contributed by atoms with Crippen molar-refractivity contribution in [3.8, 4) is 6.07 Å². The van der Waals surface area contributed by atoms with Gasteiger partial charge >= 0.3 is 0 Å². The number of aliphatic imine (C=N–C) groups is 2. The minimum atomic E-state index is 0.214. The summed E-state index contributed by atoms with van der Waals surface area (Å²) in [7, 11) is 0. The molecule has 0 bridgehead atoms. The van der Waals surface area contributed by atoms with E-state index in [0.29, 0.717) is 10.9 Å². The Balaban J connectivity index is 2.24. The first-order valence-electron chi connectivity index (χ1n) is 4.53. The van der Waals surface area contributed by atoms with Crippen LogP contribution in [-0.4, -0.2) is 23.0 Å². The first-order chi connectivity index (χ1) is 6.31. The molecule has 0 spiro atoms. The predicted octanol–water partition coefficient (Wildman–Crippen LogP) is 1.91. The standard InChI is InChI=1S/C9H10ClN3/c10-9-8(5-11)12-6-3-1-2-4-7(6)13-9/h6-7H,1-4H2. The summed E-state index contributed by atoms with van der Waals surface area (Å²) in [5, 5.41) is 9.00. The van der Waals surface area contributed by atoms with E-state index in [4.69, 9.17) is 16.9 Å². The van der Waals surface area contributed by atoms with Crippen molar-refractivity contribution in [1.29, 1.82) is 5.26 Å². The highest BCUT2D eigenvalue weighted by Gasteiger charge is 2.29. The summed E-state index contributed by atoms with van der Waals surface area (Å²) >= 11 is 5.80. The average Bonchev–Trinajstić information content (AvgIpc) is 2.17. The van der Waals surface area contributed by atoms with Gasteiger partial charge in [0, 0.05) is 0 Å².